The molecule has 1 heterocycles. The molecule has 0 saturated heterocycles. The predicted molar refractivity (Wildman–Crippen MR) is 81.5 cm³/mol. The molecular formula is C14H15NO2S2. The number of carbonyl (C=O) groups is 1. The van der Waals surface area contributed by atoms with Crippen LogP contribution in [0.3, 0.4) is 0 Å². The molecule has 0 spiro atoms. The zero-order chi connectivity index (χ0) is 13.7. The third kappa shape index (κ3) is 3.75. The maximum Gasteiger partial charge on any atom is 0.316 e. The Morgan fingerprint density at radius 2 is 2.11 bits per heavy atom. The summed E-state index contributed by atoms with van der Waals surface area (Å²) in [5, 5.41) is 0.776. The van der Waals surface area contributed by atoms with Crippen LogP contribution in [-0.4, -0.2) is 18.3 Å². The van der Waals surface area contributed by atoms with E-state index in [-0.39, 0.29) is 5.97 Å². The summed E-state index contributed by atoms with van der Waals surface area (Å²) < 4.78 is 5.93. The van der Waals surface area contributed by atoms with E-state index in [1.807, 2.05) is 36.4 Å². The molecule has 3 nitrogen and oxygen atoms in total. The molecule has 0 bridgehead atoms. The van der Waals surface area contributed by atoms with E-state index in [9.17, 15) is 4.79 Å². The van der Waals surface area contributed by atoms with Crippen molar-refractivity contribution in [3.63, 3.8) is 0 Å². The van der Waals surface area contributed by atoms with Gasteiger partial charge in [0.25, 0.3) is 0 Å². The molecule has 0 aliphatic heterocycles. The van der Waals surface area contributed by atoms with Crippen LogP contribution in [0.2, 0.25) is 0 Å². The van der Waals surface area contributed by atoms with Gasteiger partial charge in [-0.3, -0.25) is 4.79 Å². The Hall–Kier alpha value is -1.46. The number of rotatable bonds is 5. The van der Waals surface area contributed by atoms with Gasteiger partial charge < -0.3 is 10.5 Å². The van der Waals surface area contributed by atoms with E-state index >= 15 is 0 Å². The average molecular weight is 293 g/mol. The Labute approximate surface area is 120 Å². The van der Waals surface area contributed by atoms with Gasteiger partial charge >= 0.3 is 5.97 Å². The SMILES string of the molecule is CCOC(=O)CSc1cc(-c2ccccc2)c(N)s1. The Balaban J connectivity index is 2.07. The summed E-state index contributed by atoms with van der Waals surface area (Å²) in [4.78, 5) is 11.3. The lowest BCUT2D eigenvalue weighted by molar-refractivity contribution is -0.139. The van der Waals surface area contributed by atoms with Crippen LogP contribution in [0.1, 0.15) is 6.92 Å². The third-order valence-corrected chi connectivity index (χ3v) is 4.61. The lowest BCUT2D eigenvalue weighted by Gasteiger charge is -1.99. The summed E-state index contributed by atoms with van der Waals surface area (Å²) in [7, 11) is 0. The lowest BCUT2D eigenvalue weighted by Crippen LogP contribution is -2.05. The van der Waals surface area contributed by atoms with Gasteiger partial charge in [0, 0.05) is 5.56 Å². The van der Waals surface area contributed by atoms with Gasteiger partial charge in [-0.2, -0.15) is 0 Å². The normalized spacial score (nSPS) is 10.4. The molecule has 0 fully saturated rings. The van der Waals surface area contributed by atoms with Crippen LogP contribution >= 0.6 is 23.1 Å². The highest BCUT2D eigenvalue weighted by Crippen LogP contribution is 2.38. The number of esters is 1. The number of hydrogen-bond acceptors (Lipinski definition) is 5. The van der Waals surface area contributed by atoms with Crippen LogP contribution in [0.5, 0.6) is 0 Å². The molecule has 0 unspecified atom stereocenters. The van der Waals surface area contributed by atoms with Crippen molar-refractivity contribution in [2.24, 2.45) is 0 Å². The largest absolute Gasteiger partial charge is 0.465 e. The van der Waals surface area contributed by atoms with Crippen LogP contribution in [0.15, 0.2) is 40.6 Å². The van der Waals surface area contributed by atoms with E-state index < -0.39 is 0 Å². The molecule has 1 aromatic heterocycles. The van der Waals surface area contributed by atoms with Crippen molar-refractivity contribution >= 4 is 34.1 Å². The first-order valence-electron chi connectivity index (χ1n) is 5.94. The Morgan fingerprint density at radius 3 is 2.79 bits per heavy atom. The molecule has 100 valence electrons. The highest BCUT2D eigenvalue weighted by Gasteiger charge is 2.10. The number of nitrogen functional groups attached to an aromatic ring is 1. The molecule has 0 radical (unpaired) electrons. The first-order valence-corrected chi connectivity index (χ1v) is 7.74. The van der Waals surface area contributed by atoms with E-state index in [1.165, 1.54) is 23.1 Å². The lowest BCUT2D eigenvalue weighted by atomic mass is 10.1. The van der Waals surface area contributed by atoms with Crippen molar-refractivity contribution in [3.8, 4) is 11.1 Å². The topological polar surface area (TPSA) is 52.3 Å². The molecule has 19 heavy (non-hydrogen) atoms. The summed E-state index contributed by atoms with van der Waals surface area (Å²) in [5.74, 6) is 0.128. The number of thioether (sulfide) groups is 1. The second-order valence-corrected chi connectivity index (χ2v) is 6.16. The summed E-state index contributed by atoms with van der Waals surface area (Å²) in [6, 6.07) is 12.0. The van der Waals surface area contributed by atoms with Crippen molar-refractivity contribution in [2.45, 2.75) is 11.1 Å². The first kappa shape index (κ1) is 14.0. The van der Waals surface area contributed by atoms with E-state index in [2.05, 4.69) is 0 Å². The minimum atomic E-state index is -0.194. The van der Waals surface area contributed by atoms with Crippen molar-refractivity contribution in [3.05, 3.63) is 36.4 Å². The van der Waals surface area contributed by atoms with Crippen molar-refractivity contribution < 1.29 is 9.53 Å². The molecular weight excluding hydrogens is 278 g/mol. The van der Waals surface area contributed by atoms with Gasteiger partial charge in [0.05, 0.1) is 21.6 Å². The zero-order valence-electron chi connectivity index (χ0n) is 10.6. The van der Waals surface area contributed by atoms with Crippen LogP contribution in [0.25, 0.3) is 11.1 Å². The van der Waals surface area contributed by atoms with E-state index in [4.69, 9.17) is 10.5 Å². The molecule has 2 N–H and O–H groups in total. The second kappa shape index (κ2) is 6.63. The number of nitrogens with two attached hydrogens (primary N) is 1. The van der Waals surface area contributed by atoms with Gasteiger partial charge in [0.15, 0.2) is 0 Å². The summed E-state index contributed by atoms with van der Waals surface area (Å²) in [6.07, 6.45) is 0. The van der Waals surface area contributed by atoms with Crippen molar-refractivity contribution in [2.75, 3.05) is 18.1 Å². The Bertz CT molecular complexity index is 552. The minimum absolute atomic E-state index is 0.194. The smallest absolute Gasteiger partial charge is 0.316 e. The number of benzene rings is 1. The number of carbonyl (C=O) groups excluding carboxylic acids is 1. The molecule has 5 heteroatoms. The van der Waals surface area contributed by atoms with E-state index in [0.717, 1.165) is 20.3 Å². The summed E-state index contributed by atoms with van der Waals surface area (Å²) in [5.41, 5.74) is 8.15. The Kier molecular flexibility index (Phi) is 4.87. The summed E-state index contributed by atoms with van der Waals surface area (Å²) >= 11 is 2.96. The molecule has 2 aromatic rings. The maximum atomic E-state index is 11.3. The highest BCUT2D eigenvalue weighted by atomic mass is 32.2. The second-order valence-electron chi connectivity index (χ2n) is 3.80. The van der Waals surface area contributed by atoms with Gasteiger partial charge in [-0.25, -0.2) is 0 Å². The monoisotopic (exact) mass is 293 g/mol. The Morgan fingerprint density at radius 1 is 1.37 bits per heavy atom. The van der Waals surface area contributed by atoms with E-state index in [1.54, 1.807) is 6.92 Å². The number of ether oxygens (including phenoxy) is 1. The molecule has 0 amide bonds. The van der Waals surface area contributed by atoms with Gasteiger partial charge in [-0.15, -0.1) is 23.1 Å². The zero-order valence-corrected chi connectivity index (χ0v) is 12.2. The van der Waals surface area contributed by atoms with Crippen LogP contribution in [0, 0.1) is 0 Å². The van der Waals surface area contributed by atoms with E-state index in [0.29, 0.717) is 12.4 Å². The average Bonchev–Trinajstić information content (AvgIpc) is 2.79. The van der Waals surface area contributed by atoms with Crippen LogP contribution < -0.4 is 5.73 Å². The molecule has 0 aliphatic carbocycles. The van der Waals surface area contributed by atoms with Gasteiger partial charge in [0.1, 0.15) is 0 Å². The molecule has 1 aromatic carbocycles. The summed E-state index contributed by atoms with van der Waals surface area (Å²) in [6.45, 7) is 2.22. The fourth-order valence-corrected chi connectivity index (χ4v) is 3.54. The minimum Gasteiger partial charge on any atom is -0.465 e. The predicted octanol–water partition coefficient (Wildman–Crippen LogP) is 3.65. The van der Waals surface area contributed by atoms with Gasteiger partial charge in [0.2, 0.25) is 0 Å². The standard InChI is InChI=1S/C14H15NO2S2/c1-2-17-12(16)9-18-13-8-11(14(15)19-13)10-6-4-3-5-7-10/h3-8H,2,9,15H2,1H3. The van der Waals surface area contributed by atoms with Crippen LogP contribution in [-0.2, 0) is 9.53 Å². The quantitative estimate of drug-likeness (QED) is 0.675. The van der Waals surface area contributed by atoms with Gasteiger partial charge in [-0.1, -0.05) is 30.3 Å². The number of hydrogen-bond donors (Lipinski definition) is 1. The fourth-order valence-electron chi connectivity index (χ4n) is 1.63. The molecule has 2 rings (SSSR count). The third-order valence-electron chi connectivity index (χ3n) is 2.46. The number of anilines is 1. The molecule has 0 saturated carbocycles. The molecule has 0 atom stereocenters. The maximum absolute atomic E-state index is 11.3. The number of thiophene rings is 1. The van der Waals surface area contributed by atoms with Crippen LogP contribution in [0.4, 0.5) is 5.00 Å². The van der Waals surface area contributed by atoms with Crippen molar-refractivity contribution in [1.29, 1.82) is 0 Å². The van der Waals surface area contributed by atoms with Crippen molar-refractivity contribution in [1.82, 2.24) is 0 Å². The molecule has 0 aliphatic rings. The van der Waals surface area contributed by atoms with Gasteiger partial charge in [-0.05, 0) is 18.6 Å². The fraction of sp³-hybridized carbons (Fsp3) is 0.214. The highest BCUT2D eigenvalue weighted by molar-refractivity contribution is 8.01. The first-order chi connectivity index (χ1) is 9.20.